The Hall–Kier alpha value is -1.35. The fourth-order valence-electron chi connectivity index (χ4n) is 1.58. The second-order valence-electron chi connectivity index (χ2n) is 4.03. The maximum atomic E-state index is 10.8. The molecule has 0 aliphatic heterocycles. The van der Waals surface area contributed by atoms with Gasteiger partial charge in [0.15, 0.2) is 0 Å². The van der Waals surface area contributed by atoms with Crippen LogP contribution in [0.2, 0.25) is 0 Å². The number of aliphatic hydroxyl groups excluding tert-OH is 1. The lowest BCUT2D eigenvalue weighted by Crippen LogP contribution is -2.26. The number of benzene rings is 1. The van der Waals surface area contributed by atoms with Crippen molar-refractivity contribution >= 4 is 5.97 Å². The van der Waals surface area contributed by atoms with E-state index in [1.54, 1.807) is 6.92 Å². The zero-order valence-corrected chi connectivity index (χ0v) is 9.88. The maximum Gasteiger partial charge on any atom is 0.302 e. The van der Waals surface area contributed by atoms with Gasteiger partial charge in [0, 0.05) is 12.8 Å². The van der Waals surface area contributed by atoms with E-state index < -0.39 is 6.10 Å². The molecule has 0 fully saturated rings. The highest BCUT2D eigenvalue weighted by Gasteiger charge is 2.23. The molecule has 16 heavy (non-hydrogen) atoms. The van der Waals surface area contributed by atoms with Crippen molar-refractivity contribution in [3.05, 3.63) is 35.9 Å². The number of rotatable bonds is 4. The molecule has 0 aliphatic carbocycles. The quantitative estimate of drug-likeness (QED) is 0.795. The molecule has 3 atom stereocenters. The molecular weight excluding hydrogens is 204 g/mol. The van der Waals surface area contributed by atoms with Crippen LogP contribution in [0.3, 0.4) is 0 Å². The van der Waals surface area contributed by atoms with Crippen molar-refractivity contribution in [2.24, 2.45) is 5.92 Å². The molecule has 3 nitrogen and oxygen atoms in total. The SMILES string of the molecule is CC(=O)O[C@H](C)[C@@H](C)[C@H](O)c1ccccc1. The Labute approximate surface area is 96.1 Å². The van der Waals surface area contributed by atoms with E-state index >= 15 is 0 Å². The zero-order valence-electron chi connectivity index (χ0n) is 9.88. The number of carbonyl (C=O) groups excluding carboxylic acids is 1. The van der Waals surface area contributed by atoms with Crippen LogP contribution in [0.4, 0.5) is 0 Å². The summed E-state index contributed by atoms with van der Waals surface area (Å²) in [5.74, 6) is -0.453. The van der Waals surface area contributed by atoms with Crippen LogP contribution in [-0.4, -0.2) is 17.2 Å². The summed E-state index contributed by atoms with van der Waals surface area (Å²) in [5.41, 5.74) is 0.842. The van der Waals surface area contributed by atoms with Crippen LogP contribution in [0.1, 0.15) is 32.4 Å². The summed E-state index contributed by atoms with van der Waals surface area (Å²) in [7, 11) is 0. The molecule has 0 saturated heterocycles. The standard InChI is InChI=1S/C13H18O3/c1-9(10(2)16-11(3)14)13(15)12-7-5-4-6-8-12/h4-10,13,15H,1-3H3/t9-,10-,13+/m1/s1. The largest absolute Gasteiger partial charge is 0.462 e. The third kappa shape index (κ3) is 3.35. The summed E-state index contributed by atoms with van der Waals surface area (Å²) in [5, 5.41) is 10.1. The van der Waals surface area contributed by atoms with Crippen LogP contribution >= 0.6 is 0 Å². The van der Waals surface area contributed by atoms with E-state index in [1.807, 2.05) is 37.3 Å². The van der Waals surface area contributed by atoms with Gasteiger partial charge in [-0.3, -0.25) is 4.79 Å². The second-order valence-corrected chi connectivity index (χ2v) is 4.03. The van der Waals surface area contributed by atoms with E-state index in [4.69, 9.17) is 4.74 Å². The monoisotopic (exact) mass is 222 g/mol. The van der Waals surface area contributed by atoms with Crippen molar-refractivity contribution in [3.8, 4) is 0 Å². The van der Waals surface area contributed by atoms with Gasteiger partial charge in [-0.25, -0.2) is 0 Å². The molecule has 0 saturated carbocycles. The fraction of sp³-hybridized carbons (Fsp3) is 0.462. The molecule has 0 radical (unpaired) electrons. The molecular formula is C13H18O3. The molecule has 1 aromatic rings. The van der Waals surface area contributed by atoms with Crippen LogP contribution in [0, 0.1) is 5.92 Å². The highest BCUT2D eigenvalue weighted by molar-refractivity contribution is 5.66. The first kappa shape index (κ1) is 12.7. The number of aliphatic hydroxyl groups is 1. The predicted octanol–water partition coefficient (Wildman–Crippen LogP) is 2.31. The molecule has 1 aromatic carbocycles. The Kier molecular flexibility index (Phi) is 4.50. The van der Waals surface area contributed by atoms with E-state index in [0.29, 0.717) is 0 Å². The van der Waals surface area contributed by atoms with Crippen molar-refractivity contribution in [2.75, 3.05) is 0 Å². The zero-order chi connectivity index (χ0) is 12.1. The van der Waals surface area contributed by atoms with E-state index in [9.17, 15) is 9.90 Å². The minimum atomic E-state index is -0.615. The van der Waals surface area contributed by atoms with E-state index in [2.05, 4.69) is 0 Å². The van der Waals surface area contributed by atoms with Gasteiger partial charge in [0.1, 0.15) is 6.10 Å². The first-order valence-electron chi connectivity index (χ1n) is 5.42. The summed E-state index contributed by atoms with van der Waals surface area (Å²) in [4.78, 5) is 10.8. The third-order valence-electron chi connectivity index (χ3n) is 2.73. The fourth-order valence-corrected chi connectivity index (χ4v) is 1.58. The van der Waals surface area contributed by atoms with Gasteiger partial charge in [-0.1, -0.05) is 37.3 Å². The van der Waals surface area contributed by atoms with Gasteiger partial charge < -0.3 is 9.84 Å². The lowest BCUT2D eigenvalue weighted by molar-refractivity contribution is -0.149. The van der Waals surface area contributed by atoms with Gasteiger partial charge in [-0.05, 0) is 12.5 Å². The summed E-state index contributed by atoms with van der Waals surface area (Å²) in [6.07, 6.45) is -0.914. The lowest BCUT2D eigenvalue weighted by atomic mass is 9.93. The normalized spacial score (nSPS) is 16.2. The maximum absolute atomic E-state index is 10.8. The number of ether oxygens (including phenoxy) is 1. The molecule has 0 amide bonds. The Morgan fingerprint density at radius 1 is 1.25 bits per heavy atom. The van der Waals surface area contributed by atoms with Crippen molar-refractivity contribution in [2.45, 2.75) is 33.0 Å². The van der Waals surface area contributed by atoms with Gasteiger partial charge in [-0.2, -0.15) is 0 Å². The predicted molar refractivity (Wildman–Crippen MR) is 61.8 cm³/mol. The number of carbonyl (C=O) groups is 1. The Morgan fingerprint density at radius 2 is 1.81 bits per heavy atom. The van der Waals surface area contributed by atoms with Gasteiger partial charge in [-0.15, -0.1) is 0 Å². The minimum Gasteiger partial charge on any atom is -0.462 e. The number of hydrogen-bond donors (Lipinski definition) is 1. The highest BCUT2D eigenvalue weighted by Crippen LogP contribution is 2.25. The van der Waals surface area contributed by atoms with Crippen molar-refractivity contribution in [1.82, 2.24) is 0 Å². The molecule has 1 N–H and O–H groups in total. The molecule has 0 aromatic heterocycles. The van der Waals surface area contributed by atoms with E-state index in [0.717, 1.165) is 5.56 Å². The minimum absolute atomic E-state index is 0.133. The molecule has 0 spiro atoms. The van der Waals surface area contributed by atoms with Crippen LogP contribution in [-0.2, 0) is 9.53 Å². The van der Waals surface area contributed by atoms with Crippen LogP contribution in [0.25, 0.3) is 0 Å². The van der Waals surface area contributed by atoms with Gasteiger partial charge in [0.05, 0.1) is 6.10 Å². The third-order valence-corrected chi connectivity index (χ3v) is 2.73. The van der Waals surface area contributed by atoms with Gasteiger partial charge >= 0.3 is 5.97 Å². The smallest absolute Gasteiger partial charge is 0.302 e. The average molecular weight is 222 g/mol. The highest BCUT2D eigenvalue weighted by atomic mass is 16.5. The summed E-state index contributed by atoms with van der Waals surface area (Å²) in [6, 6.07) is 9.38. The molecule has 0 unspecified atom stereocenters. The van der Waals surface area contributed by atoms with Crippen molar-refractivity contribution in [3.63, 3.8) is 0 Å². The molecule has 88 valence electrons. The van der Waals surface area contributed by atoms with Crippen molar-refractivity contribution < 1.29 is 14.6 Å². The molecule has 1 rings (SSSR count). The summed E-state index contributed by atoms with van der Waals surface area (Å²) < 4.78 is 5.06. The van der Waals surface area contributed by atoms with E-state index in [-0.39, 0.29) is 18.0 Å². The Morgan fingerprint density at radius 3 is 2.31 bits per heavy atom. The van der Waals surface area contributed by atoms with Crippen LogP contribution < -0.4 is 0 Å². The Bertz CT molecular complexity index is 334. The number of esters is 1. The van der Waals surface area contributed by atoms with Gasteiger partial charge in [0.2, 0.25) is 0 Å². The van der Waals surface area contributed by atoms with Gasteiger partial charge in [0.25, 0.3) is 0 Å². The van der Waals surface area contributed by atoms with Crippen molar-refractivity contribution in [1.29, 1.82) is 0 Å². The summed E-state index contributed by atoms with van der Waals surface area (Å²) >= 11 is 0. The van der Waals surface area contributed by atoms with Crippen LogP contribution in [0.5, 0.6) is 0 Å². The summed E-state index contributed by atoms with van der Waals surface area (Å²) in [6.45, 7) is 5.03. The second kappa shape index (κ2) is 5.66. The molecule has 0 aliphatic rings. The first-order valence-corrected chi connectivity index (χ1v) is 5.42. The molecule has 3 heteroatoms. The lowest BCUT2D eigenvalue weighted by Gasteiger charge is -2.24. The molecule has 0 bridgehead atoms. The molecule has 0 heterocycles. The topological polar surface area (TPSA) is 46.5 Å². The van der Waals surface area contributed by atoms with Crippen LogP contribution in [0.15, 0.2) is 30.3 Å². The Balaban J connectivity index is 2.67. The first-order chi connectivity index (χ1) is 7.52. The average Bonchev–Trinajstić information content (AvgIpc) is 2.27. The van der Waals surface area contributed by atoms with E-state index in [1.165, 1.54) is 6.92 Å². The number of hydrogen-bond acceptors (Lipinski definition) is 3.